The number of carbonyl (C=O) groups excluding carboxylic acids is 1. The molecule has 0 radical (unpaired) electrons. The number of hydrogen-bond acceptors (Lipinski definition) is 6. The number of nitrogens with zero attached hydrogens (tertiary/aromatic N) is 4. The van der Waals surface area contributed by atoms with Gasteiger partial charge in [0.25, 0.3) is 0 Å². The summed E-state index contributed by atoms with van der Waals surface area (Å²) in [7, 11) is 0. The third-order valence-electron chi connectivity index (χ3n) is 5.50. The van der Waals surface area contributed by atoms with Gasteiger partial charge in [-0.2, -0.15) is 0 Å². The van der Waals surface area contributed by atoms with Crippen LogP contribution in [0.4, 0.5) is 4.79 Å². The van der Waals surface area contributed by atoms with E-state index in [4.69, 9.17) is 5.11 Å². The first-order valence-electron chi connectivity index (χ1n) is 9.77. The van der Waals surface area contributed by atoms with Gasteiger partial charge in [0.1, 0.15) is 0 Å². The van der Waals surface area contributed by atoms with Crippen LogP contribution in [-0.4, -0.2) is 99.6 Å². The molecule has 0 aromatic heterocycles. The maximum atomic E-state index is 12.5. The van der Waals surface area contributed by atoms with E-state index < -0.39 is 5.97 Å². The highest BCUT2D eigenvalue weighted by atomic mass is 32.2. The van der Waals surface area contributed by atoms with Gasteiger partial charge in [0.2, 0.25) is 0 Å². The maximum Gasteiger partial charge on any atom is 0.317 e. The number of piperazine rings is 1. The molecule has 2 fully saturated rings. The number of carboxylic acid groups (broad SMARTS) is 1. The molecule has 27 heavy (non-hydrogen) atoms. The molecular formula is C18H31N5O3S. The molecule has 0 aromatic carbocycles. The zero-order valence-corrected chi connectivity index (χ0v) is 17.3. The van der Waals surface area contributed by atoms with Crippen molar-refractivity contribution in [3.8, 4) is 0 Å². The molecule has 2 N–H and O–H groups in total. The average molecular weight is 398 g/mol. The first-order chi connectivity index (χ1) is 12.8. The second-order valence-corrected chi connectivity index (χ2v) is 9.84. The quantitative estimate of drug-likeness (QED) is 0.723. The Labute approximate surface area is 165 Å². The minimum absolute atomic E-state index is 0.000673. The molecule has 3 aliphatic rings. The van der Waals surface area contributed by atoms with Gasteiger partial charge in [-0.15, -0.1) is 0 Å². The smallest absolute Gasteiger partial charge is 0.317 e. The predicted octanol–water partition coefficient (Wildman–Crippen LogP) is 1.13. The van der Waals surface area contributed by atoms with Crippen molar-refractivity contribution in [2.24, 2.45) is 4.99 Å². The molecular weight excluding hydrogens is 366 g/mol. The molecule has 0 aromatic rings. The summed E-state index contributed by atoms with van der Waals surface area (Å²) in [5.74, 6) is -0.796. The van der Waals surface area contributed by atoms with Crippen molar-refractivity contribution >= 4 is 28.9 Å². The summed E-state index contributed by atoms with van der Waals surface area (Å²) in [6.07, 6.45) is 1.66. The second-order valence-electron chi connectivity index (χ2n) is 8.16. The molecule has 0 atom stereocenters. The second kappa shape index (κ2) is 8.26. The molecule has 152 valence electrons. The van der Waals surface area contributed by atoms with Gasteiger partial charge in [-0.3, -0.25) is 14.7 Å². The lowest BCUT2D eigenvalue weighted by Gasteiger charge is -2.43. The third-order valence-corrected chi connectivity index (χ3v) is 6.75. The van der Waals surface area contributed by atoms with Gasteiger partial charge in [0.05, 0.1) is 13.1 Å². The molecule has 1 aliphatic carbocycles. The molecule has 0 unspecified atom stereocenters. The Kier molecular flexibility index (Phi) is 6.20. The monoisotopic (exact) mass is 397 g/mol. The average Bonchev–Trinajstić information content (AvgIpc) is 2.95. The van der Waals surface area contributed by atoms with E-state index in [2.05, 4.69) is 29.1 Å². The van der Waals surface area contributed by atoms with E-state index in [1.807, 2.05) is 28.5 Å². The van der Waals surface area contributed by atoms with E-state index in [0.717, 1.165) is 44.2 Å². The molecule has 8 nitrogen and oxygen atoms in total. The maximum absolute atomic E-state index is 12.5. The number of carbonyl (C=O) groups is 2. The largest absolute Gasteiger partial charge is 0.480 e. The predicted molar refractivity (Wildman–Crippen MR) is 107 cm³/mol. The zero-order chi connectivity index (χ0) is 19.6. The summed E-state index contributed by atoms with van der Waals surface area (Å²) < 4.78 is 0.178. The van der Waals surface area contributed by atoms with Gasteiger partial charge in [0, 0.05) is 43.0 Å². The van der Waals surface area contributed by atoms with E-state index in [1.165, 1.54) is 0 Å². The number of amidine groups is 1. The zero-order valence-electron chi connectivity index (χ0n) is 16.5. The molecule has 9 heteroatoms. The number of rotatable bonds is 5. The van der Waals surface area contributed by atoms with Crippen LogP contribution in [0.15, 0.2) is 4.99 Å². The summed E-state index contributed by atoms with van der Waals surface area (Å²) in [5, 5.41) is 13.2. The molecule has 2 aliphatic heterocycles. The van der Waals surface area contributed by atoms with Crippen molar-refractivity contribution < 1.29 is 14.7 Å². The third kappa shape index (κ3) is 5.07. The summed E-state index contributed by atoms with van der Waals surface area (Å²) in [6, 6.07) is 0.411. The molecule has 1 saturated carbocycles. The normalized spacial score (nSPS) is 27.3. The summed E-state index contributed by atoms with van der Waals surface area (Å²) in [5.41, 5.74) is 0. The molecule has 1 saturated heterocycles. The lowest BCUT2D eigenvalue weighted by Crippen LogP contribution is -2.59. The number of nitrogens with one attached hydrogen (secondary N) is 1. The van der Waals surface area contributed by atoms with Crippen LogP contribution in [0.1, 0.15) is 33.6 Å². The Hall–Kier alpha value is -1.48. The van der Waals surface area contributed by atoms with Crippen molar-refractivity contribution in [1.29, 1.82) is 0 Å². The standard InChI is InChI=1S/C18H31N5O3S/c1-4-21(11-15(24)25)14-9-13(10-14)20-16(26)22-5-7-23(8-6-22)17-19-12-18(2,3)27-17/h13-14H,4-12H2,1-3H3,(H,20,26)(H,24,25). The molecule has 2 amide bonds. The lowest BCUT2D eigenvalue weighted by molar-refractivity contribution is -0.139. The van der Waals surface area contributed by atoms with Crippen LogP contribution < -0.4 is 5.32 Å². The van der Waals surface area contributed by atoms with E-state index in [1.54, 1.807) is 0 Å². The summed E-state index contributed by atoms with van der Waals surface area (Å²) in [4.78, 5) is 34.2. The highest BCUT2D eigenvalue weighted by Gasteiger charge is 2.36. The number of amides is 2. The van der Waals surface area contributed by atoms with Crippen LogP contribution in [0.2, 0.25) is 0 Å². The fourth-order valence-electron chi connectivity index (χ4n) is 3.78. The van der Waals surface area contributed by atoms with Crippen LogP contribution >= 0.6 is 11.8 Å². The number of thioether (sulfide) groups is 1. The minimum atomic E-state index is -0.796. The van der Waals surface area contributed by atoms with Gasteiger partial charge >= 0.3 is 12.0 Å². The fourth-order valence-corrected chi connectivity index (χ4v) is 4.84. The Morgan fingerprint density at radius 2 is 1.96 bits per heavy atom. The number of aliphatic carboxylic acids is 1. The van der Waals surface area contributed by atoms with E-state index >= 15 is 0 Å². The van der Waals surface area contributed by atoms with E-state index in [0.29, 0.717) is 13.1 Å². The Morgan fingerprint density at radius 3 is 2.48 bits per heavy atom. The SMILES string of the molecule is CCN(CC(=O)O)C1CC(NC(=O)N2CCN(C3=NCC(C)(C)S3)CC2)C1. The number of hydrogen-bond donors (Lipinski definition) is 2. The van der Waals surface area contributed by atoms with Crippen molar-refractivity contribution in [3.05, 3.63) is 0 Å². The van der Waals surface area contributed by atoms with Crippen LogP contribution in [-0.2, 0) is 4.79 Å². The van der Waals surface area contributed by atoms with Crippen LogP contribution in [0, 0.1) is 0 Å². The number of likely N-dealkylation sites (N-methyl/N-ethyl adjacent to an activating group) is 1. The van der Waals surface area contributed by atoms with Crippen molar-refractivity contribution in [3.63, 3.8) is 0 Å². The van der Waals surface area contributed by atoms with E-state index in [9.17, 15) is 9.59 Å². The number of urea groups is 1. The first-order valence-corrected chi connectivity index (χ1v) is 10.6. The van der Waals surface area contributed by atoms with Crippen molar-refractivity contribution in [1.82, 2.24) is 20.0 Å². The van der Waals surface area contributed by atoms with Crippen LogP contribution in [0.3, 0.4) is 0 Å². The van der Waals surface area contributed by atoms with Gasteiger partial charge in [-0.25, -0.2) is 4.79 Å². The van der Waals surface area contributed by atoms with Gasteiger partial charge in [0.15, 0.2) is 5.17 Å². The summed E-state index contributed by atoms with van der Waals surface area (Å²) in [6.45, 7) is 11.1. The Balaban J connectivity index is 1.38. The minimum Gasteiger partial charge on any atom is -0.480 e. The molecule has 3 rings (SSSR count). The topological polar surface area (TPSA) is 88.5 Å². The number of carboxylic acids is 1. The molecule has 0 bridgehead atoms. The lowest BCUT2D eigenvalue weighted by atomic mass is 9.85. The Morgan fingerprint density at radius 1 is 1.30 bits per heavy atom. The highest BCUT2D eigenvalue weighted by Crippen LogP contribution is 2.33. The fraction of sp³-hybridized carbons (Fsp3) is 0.833. The van der Waals surface area contributed by atoms with Crippen molar-refractivity contribution in [2.75, 3.05) is 45.8 Å². The molecule has 0 spiro atoms. The highest BCUT2D eigenvalue weighted by molar-refractivity contribution is 8.15. The van der Waals surface area contributed by atoms with Crippen LogP contribution in [0.25, 0.3) is 0 Å². The first kappa shape index (κ1) is 20.3. The van der Waals surface area contributed by atoms with E-state index in [-0.39, 0.29) is 29.4 Å². The molecule has 2 heterocycles. The van der Waals surface area contributed by atoms with Crippen molar-refractivity contribution in [2.45, 2.75) is 50.4 Å². The van der Waals surface area contributed by atoms with Gasteiger partial charge in [-0.05, 0) is 33.2 Å². The Bertz CT molecular complexity index is 598. The summed E-state index contributed by atoms with van der Waals surface area (Å²) >= 11 is 1.83. The number of aliphatic imine (C=N–C) groups is 1. The van der Waals surface area contributed by atoms with Crippen LogP contribution in [0.5, 0.6) is 0 Å². The van der Waals surface area contributed by atoms with Gasteiger partial charge in [-0.1, -0.05) is 18.7 Å². The van der Waals surface area contributed by atoms with Gasteiger partial charge < -0.3 is 20.2 Å².